The van der Waals surface area contributed by atoms with Gasteiger partial charge < -0.3 is 5.32 Å². The van der Waals surface area contributed by atoms with Crippen LogP contribution in [0.4, 0.5) is 0 Å². The Bertz CT molecular complexity index is 447. The monoisotopic (exact) mass is 217 g/mol. The summed E-state index contributed by atoms with van der Waals surface area (Å²) >= 11 is 0. The number of nitrogens with zero attached hydrogens (tertiary/aromatic N) is 2. The fourth-order valence-corrected chi connectivity index (χ4v) is 1.97. The van der Waals surface area contributed by atoms with Crippen molar-refractivity contribution in [2.45, 2.75) is 32.9 Å². The van der Waals surface area contributed by atoms with Gasteiger partial charge in [0.05, 0.1) is 11.7 Å². The number of hydrogen-bond donors (Lipinski definition) is 1. The van der Waals surface area contributed by atoms with Crippen molar-refractivity contribution in [2.24, 2.45) is 0 Å². The van der Waals surface area contributed by atoms with E-state index in [0.717, 1.165) is 19.5 Å². The van der Waals surface area contributed by atoms with Crippen molar-refractivity contribution in [1.82, 2.24) is 15.1 Å². The van der Waals surface area contributed by atoms with Crippen LogP contribution in [0.3, 0.4) is 0 Å². The van der Waals surface area contributed by atoms with Crippen LogP contribution in [0.5, 0.6) is 0 Å². The molecule has 2 aromatic rings. The van der Waals surface area contributed by atoms with Gasteiger partial charge >= 0.3 is 0 Å². The lowest BCUT2D eigenvalue weighted by Crippen LogP contribution is -2.26. The van der Waals surface area contributed by atoms with E-state index >= 15 is 0 Å². The first-order valence-electron chi connectivity index (χ1n) is 5.95. The fraction of sp³-hybridized carbons (Fsp3) is 0.462. The van der Waals surface area contributed by atoms with E-state index in [-0.39, 0.29) is 0 Å². The van der Waals surface area contributed by atoms with E-state index < -0.39 is 0 Å². The summed E-state index contributed by atoms with van der Waals surface area (Å²) < 4.78 is 2.09. The summed E-state index contributed by atoms with van der Waals surface area (Å²) in [6.07, 6.45) is 3.05. The predicted molar refractivity (Wildman–Crippen MR) is 67.5 cm³/mol. The van der Waals surface area contributed by atoms with Crippen LogP contribution in [0.25, 0.3) is 10.9 Å². The second-order valence-corrected chi connectivity index (χ2v) is 4.17. The minimum atomic E-state index is 0.549. The third kappa shape index (κ3) is 2.42. The summed E-state index contributed by atoms with van der Waals surface area (Å²) in [5.74, 6) is 0. The van der Waals surface area contributed by atoms with Crippen molar-refractivity contribution < 1.29 is 0 Å². The molecule has 1 unspecified atom stereocenters. The van der Waals surface area contributed by atoms with Gasteiger partial charge in [0.25, 0.3) is 0 Å². The second-order valence-electron chi connectivity index (χ2n) is 4.17. The van der Waals surface area contributed by atoms with E-state index in [9.17, 15) is 0 Å². The van der Waals surface area contributed by atoms with Gasteiger partial charge in [-0.2, -0.15) is 5.10 Å². The van der Waals surface area contributed by atoms with Gasteiger partial charge in [-0.3, -0.25) is 4.68 Å². The van der Waals surface area contributed by atoms with E-state index in [1.807, 2.05) is 6.20 Å². The molecule has 0 bridgehead atoms. The number of rotatable bonds is 5. The van der Waals surface area contributed by atoms with Crippen LogP contribution in [-0.4, -0.2) is 22.4 Å². The SMILES string of the molecule is CCNC(C)CCn1ncc2ccccc21. The van der Waals surface area contributed by atoms with E-state index in [4.69, 9.17) is 0 Å². The second kappa shape index (κ2) is 5.12. The first kappa shape index (κ1) is 11.1. The molecular formula is C13H19N3. The average molecular weight is 217 g/mol. The minimum Gasteiger partial charge on any atom is -0.314 e. The lowest BCUT2D eigenvalue weighted by molar-refractivity contribution is 0.474. The number of benzene rings is 1. The summed E-state index contributed by atoms with van der Waals surface area (Å²) in [6.45, 7) is 6.36. The van der Waals surface area contributed by atoms with Crippen LogP contribution in [0.2, 0.25) is 0 Å². The Morgan fingerprint density at radius 2 is 2.19 bits per heavy atom. The highest BCUT2D eigenvalue weighted by Crippen LogP contribution is 2.13. The Balaban J connectivity index is 2.04. The molecule has 0 radical (unpaired) electrons. The molecule has 0 spiro atoms. The van der Waals surface area contributed by atoms with Crippen molar-refractivity contribution in [1.29, 1.82) is 0 Å². The van der Waals surface area contributed by atoms with Crippen LogP contribution >= 0.6 is 0 Å². The van der Waals surface area contributed by atoms with Gasteiger partial charge in [0.2, 0.25) is 0 Å². The van der Waals surface area contributed by atoms with Crippen LogP contribution in [0.15, 0.2) is 30.5 Å². The highest BCUT2D eigenvalue weighted by atomic mass is 15.3. The predicted octanol–water partition coefficient (Wildman–Crippen LogP) is 2.42. The Kier molecular flexibility index (Phi) is 3.57. The molecule has 1 atom stereocenters. The molecule has 1 aromatic carbocycles. The summed E-state index contributed by atoms with van der Waals surface area (Å²) in [5, 5.41) is 9.05. The molecule has 0 fully saturated rings. The minimum absolute atomic E-state index is 0.549. The largest absolute Gasteiger partial charge is 0.314 e. The molecule has 86 valence electrons. The van der Waals surface area contributed by atoms with Gasteiger partial charge in [0.1, 0.15) is 0 Å². The molecule has 1 aromatic heterocycles. The van der Waals surface area contributed by atoms with Crippen molar-refractivity contribution in [3.05, 3.63) is 30.5 Å². The number of hydrogen-bond acceptors (Lipinski definition) is 2. The van der Waals surface area contributed by atoms with Crippen molar-refractivity contribution in [3.63, 3.8) is 0 Å². The Labute approximate surface area is 96.5 Å². The first-order chi connectivity index (χ1) is 7.81. The van der Waals surface area contributed by atoms with Crippen LogP contribution in [0, 0.1) is 0 Å². The highest BCUT2D eigenvalue weighted by molar-refractivity contribution is 5.78. The maximum Gasteiger partial charge on any atom is 0.0682 e. The molecule has 0 saturated carbocycles. The van der Waals surface area contributed by atoms with Crippen LogP contribution in [-0.2, 0) is 6.54 Å². The molecule has 1 N–H and O–H groups in total. The molecule has 0 aliphatic heterocycles. The van der Waals surface area contributed by atoms with Gasteiger partial charge in [-0.15, -0.1) is 0 Å². The molecule has 3 heteroatoms. The average Bonchev–Trinajstić information content (AvgIpc) is 2.70. The van der Waals surface area contributed by atoms with E-state index in [1.165, 1.54) is 10.9 Å². The number of fused-ring (bicyclic) bond motifs is 1. The van der Waals surface area contributed by atoms with E-state index in [2.05, 4.69) is 53.2 Å². The zero-order valence-corrected chi connectivity index (χ0v) is 9.98. The molecule has 16 heavy (non-hydrogen) atoms. The van der Waals surface area contributed by atoms with Crippen molar-refractivity contribution in [3.8, 4) is 0 Å². The van der Waals surface area contributed by atoms with E-state index in [1.54, 1.807) is 0 Å². The molecule has 0 aliphatic rings. The summed E-state index contributed by atoms with van der Waals surface area (Å²) in [6, 6.07) is 8.89. The van der Waals surface area contributed by atoms with Gasteiger partial charge in [-0.1, -0.05) is 25.1 Å². The van der Waals surface area contributed by atoms with E-state index in [0.29, 0.717) is 6.04 Å². The maximum absolute atomic E-state index is 4.42. The maximum atomic E-state index is 4.42. The Morgan fingerprint density at radius 3 is 3.00 bits per heavy atom. The van der Waals surface area contributed by atoms with Gasteiger partial charge in [-0.25, -0.2) is 0 Å². The third-order valence-corrected chi connectivity index (χ3v) is 2.88. The Hall–Kier alpha value is -1.35. The molecule has 3 nitrogen and oxygen atoms in total. The van der Waals surface area contributed by atoms with Crippen LogP contribution in [0.1, 0.15) is 20.3 Å². The van der Waals surface area contributed by atoms with Gasteiger partial charge in [0, 0.05) is 18.0 Å². The van der Waals surface area contributed by atoms with Gasteiger partial charge in [0.15, 0.2) is 0 Å². The zero-order valence-electron chi connectivity index (χ0n) is 9.98. The lowest BCUT2D eigenvalue weighted by atomic mass is 10.2. The smallest absolute Gasteiger partial charge is 0.0682 e. The van der Waals surface area contributed by atoms with Crippen LogP contribution < -0.4 is 5.32 Å². The topological polar surface area (TPSA) is 29.9 Å². The van der Waals surface area contributed by atoms with Crippen molar-refractivity contribution in [2.75, 3.05) is 6.54 Å². The number of nitrogens with one attached hydrogen (secondary N) is 1. The number of aromatic nitrogens is 2. The highest BCUT2D eigenvalue weighted by Gasteiger charge is 2.04. The molecular weight excluding hydrogens is 198 g/mol. The summed E-state index contributed by atoms with van der Waals surface area (Å²) in [4.78, 5) is 0. The Morgan fingerprint density at radius 1 is 1.38 bits per heavy atom. The summed E-state index contributed by atoms with van der Waals surface area (Å²) in [7, 11) is 0. The third-order valence-electron chi connectivity index (χ3n) is 2.88. The molecule has 2 rings (SSSR count). The summed E-state index contributed by atoms with van der Waals surface area (Å²) in [5.41, 5.74) is 1.23. The normalized spacial score (nSPS) is 13.1. The fourth-order valence-electron chi connectivity index (χ4n) is 1.97. The quantitative estimate of drug-likeness (QED) is 0.833. The van der Waals surface area contributed by atoms with Crippen molar-refractivity contribution >= 4 is 10.9 Å². The van der Waals surface area contributed by atoms with Gasteiger partial charge in [-0.05, 0) is 26.0 Å². The molecule has 0 aliphatic carbocycles. The number of aryl methyl sites for hydroxylation is 1. The standard InChI is InChI=1S/C13H19N3/c1-3-14-11(2)8-9-16-13-7-5-4-6-12(13)10-15-16/h4-7,10-11,14H,3,8-9H2,1-2H3. The first-order valence-corrected chi connectivity index (χ1v) is 5.95. The zero-order chi connectivity index (χ0) is 11.4. The number of para-hydroxylation sites is 1. The molecule has 0 saturated heterocycles. The molecule has 1 heterocycles. The molecule has 0 amide bonds. The lowest BCUT2D eigenvalue weighted by Gasteiger charge is -2.12.